The molecule has 1 aromatic rings. The van der Waals surface area contributed by atoms with Crippen molar-refractivity contribution in [2.75, 3.05) is 0 Å². The second-order valence-electron chi connectivity index (χ2n) is 1.37. The zero-order chi connectivity index (χ0) is 5.11. The third kappa shape index (κ3) is 2.17. The van der Waals surface area contributed by atoms with Crippen molar-refractivity contribution in [3.8, 4) is 0 Å². The summed E-state index contributed by atoms with van der Waals surface area (Å²) < 4.78 is 0. The van der Waals surface area contributed by atoms with E-state index in [1.54, 1.807) is 12.1 Å². The molecular formula is C6H6AuN. The van der Waals surface area contributed by atoms with E-state index in [9.17, 15) is 0 Å². The van der Waals surface area contributed by atoms with Gasteiger partial charge < -0.3 is 5.73 Å². The summed E-state index contributed by atoms with van der Waals surface area (Å²) in [5.74, 6) is 0. The molecule has 0 unspecified atom stereocenters. The minimum atomic E-state index is 0. The van der Waals surface area contributed by atoms with Gasteiger partial charge in [0.05, 0.1) is 0 Å². The van der Waals surface area contributed by atoms with Crippen molar-refractivity contribution in [2.45, 2.75) is 0 Å². The fourth-order valence-electron chi connectivity index (χ4n) is 0.438. The Morgan fingerprint density at radius 2 is 1.50 bits per heavy atom. The van der Waals surface area contributed by atoms with Gasteiger partial charge in [-0.15, -0.1) is 5.69 Å². The van der Waals surface area contributed by atoms with E-state index in [0.29, 0.717) is 5.69 Å². The third-order valence-electron chi connectivity index (χ3n) is 0.774. The number of rotatable bonds is 0. The van der Waals surface area contributed by atoms with Gasteiger partial charge in [-0.2, -0.15) is 0 Å². The molecule has 0 heterocycles. The average Bonchev–Trinajstić information content (AvgIpc) is 1.69. The van der Waals surface area contributed by atoms with E-state index >= 15 is 0 Å². The van der Waals surface area contributed by atoms with Crippen LogP contribution in [0.1, 0.15) is 0 Å². The summed E-state index contributed by atoms with van der Waals surface area (Å²) in [7, 11) is 0. The summed E-state index contributed by atoms with van der Waals surface area (Å²) in [6.45, 7) is 0. The van der Waals surface area contributed by atoms with Gasteiger partial charge in [0.2, 0.25) is 0 Å². The molecule has 8 heavy (non-hydrogen) atoms. The smallest absolute Gasteiger partial charge is 0.699 e. The second-order valence-corrected chi connectivity index (χ2v) is 1.37. The molecular weight excluding hydrogens is 283 g/mol. The van der Waals surface area contributed by atoms with Crippen LogP contribution in [0.2, 0.25) is 0 Å². The van der Waals surface area contributed by atoms with E-state index in [-0.39, 0.29) is 22.4 Å². The molecule has 0 aliphatic carbocycles. The first-order valence-electron chi connectivity index (χ1n) is 2.16. The van der Waals surface area contributed by atoms with Crippen LogP contribution in [0.15, 0.2) is 30.3 Å². The van der Waals surface area contributed by atoms with E-state index < -0.39 is 0 Å². The maximum absolute atomic E-state index is 7.00. The quantitative estimate of drug-likeness (QED) is 0.655. The molecule has 0 saturated heterocycles. The van der Waals surface area contributed by atoms with E-state index in [2.05, 4.69) is 0 Å². The van der Waals surface area contributed by atoms with Crippen LogP contribution in [-0.4, -0.2) is 0 Å². The number of hydrogen-bond acceptors (Lipinski definition) is 0. The van der Waals surface area contributed by atoms with E-state index in [4.69, 9.17) is 5.73 Å². The first-order chi connectivity index (χ1) is 3.39. The minimum absolute atomic E-state index is 0. The Morgan fingerprint density at radius 1 is 1.00 bits per heavy atom. The van der Waals surface area contributed by atoms with E-state index in [1.807, 2.05) is 18.2 Å². The van der Waals surface area contributed by atoms with Crippen molar-refractivity contribution in [2.24, 2.45) is 0 Å². The molecule has 0 radical (unpaired) electrons. The fraction of sp³-hybridized carbons (Fsp3) is 0. The Labute approximate surface area is 64.4 Å². The molecule has 0 aliphatic heterocycles. The molecule has 0 aliphatic rings. The largest absolute Gasteiger partial charge is 1.00 e. The SMILES string of the molecule is [Au+].[NH-]c1ccccc1. The Morgan fingerprint density at radius 3 is 1.75 bits per heavy atom. The van der Waals surface area contributed by atoms with Crippen molar-refractivity contribution in [1.82, 2.24) is 0 Å². The number of nitrogens with one attached hydrogen (secondary N) is 1. The van der Waals surface area contributed by atoms with Crippen LogP contribution in [0, 0.1) is 0 Å². The van der Waals surface area contributed by atoms with Crippen LogP contribution in [0.4, 0.5) is 5.69 Å². The monoisotopic (exact) mass is 289 g/mol. The molecule has 0 amide bonds. The zero-order valence-corrected chi connectivity index (χ0v) is 6.35. The summed E-state index contributed by atoms with van der Waals surface area (Å²) in [5, 5.41) is 0. The van der Waals surface area contributed by atoms with Gasteiger partial charge in [-0.05, 0) is 0 Å². The summed E-state index contributed by atoms with van der Waals surface area (Å²) in [6, 6.07) is 9.10. The summed E-state index contributed by atoms with van der Waals surface area (Å²) >= 11 is 0. The molecule has 1 rings (SSSR count). The van der Waals surface area contributed by atoms with Crippen LogP contribution >= 0.6 is 0 Å². The molecule has 2 heteroatoms. The predicted molar refractivity (Wildman–Crippen MR) is 30.4 cm³/mol. The first kappa shape index (κ1) is 7.76. The Balaban J connectivity index is 0.000000490. The van der Waals surface area contributed by atoms with Gasteiger partial charge in [0.15, 0.2) is 0 Å². The maximum atomic E-state index is 7.00. The molecule has 0 saturated carbocycles. The summed E-state index contributed by atoms with van der Waals surface area (Å²) in [5.41, 5.74) is 7.57. The van der Waals surface area contributed by atoms with Gasteiger partial charge in [0.1, 0.15) is 0 Å². The third-order valence-corrected chi connectivity index (χ3v) is 0.774. The molecule has 0 fully saturated rings. The molecule has 1 nitrogen and oxygen atoms in total. The Kier molecular flexibility index (Phi) is 3.61. The van der Waals surface area contributed by atoms with E-state index in [0.717, 1.165) is 0 Å². The van der Waals surface area contributed by atoms with Crippen LogP contribution in [0.3, 0.4) is 0 Å². The summed E-state index contributed by atoms with van der Waals surface area (Å²) in [4.78, 5) is 0. The van der Waals surface area contributed by atoms with Crippen molar-refractivity contribution in [3.05, 3.63) is 36.1 Å². The zero-order valence-electron chi connectivity index (χ0n) is 4.19. The second kappa shape index (κ2) is 3.72. The number of hydrogen-bond donors (Lipinski definition) is 0. The van der Waals surface area contributed by atoms with Crippen LogP contribution in [0.5, 0.6) is 0 Å². The molecule has 1 N–H and O–H groups in total. The van der Waals surface area contributed by atoms with Crippen molar-refractivity contribution < 1.29 is 22.4 Å². The molecule has 1 aromatic carbocycles. The van der Waals surface area contributed by atoms with Crippen molar-refractivity contribution >= 4 is 5.69 Å². The summed E-state index contributed by atoms with van der Waals surface area (Å²) in [6.07, 6.45) is 0. The average molecular weight is 289 g/mol. The van der Waals surface area contributed by atoms with Crippen molar-refractivity contribution in [1.29, 1.82) is 0 Å². The van der Waals surface area contributed by atoms with Crippen LogP contribution < -0.4 is 0 Å². The van der Waals surface area contributed by atoms with Crippen LogP contribution in [-0.2, 0) is 22.4 Å². The van der Waals surface area contributed by atoms with Gasteiger partial charge in [0, 0.05) is 0 Å². The van der Waals surface area contributed by atoms with Gasteiger partial charge in [-0.1, -0.05) is 30.3 Å². The van der Waals surface area contributed by atoms with E-state index in [1.165, 1.54) is 0 Å². The van der Waals surface area contributed by atoms with Gasteiger partial charge in [-0.3, -0.25) is 0 Å². The molecule has 0 spiro atoms. The van der Waals surface area contributed by atoms with Gasteiger partial charge in [-0.25, -0.2) is 0 Å². The standard InChI is InChI=1S/C6H6N.Au/c7-6-4-2-1-3-5-6;/h1-5,7H;/q-1;+1. The predicted octanol–water partition coefficient (Wildman–Crippen LogP) is 2.37. The first-order valence-corrected chi connectivity index (χ1v) is 2.16. The number of benzene rings is 1. The van der Waals surface area contributed by atoms with Gasteiger partial charge in [0.25, 0.3) is 0 Å². The molecule has 46 valence electrons. The van der Waals surface area contributed by atoms with Crippen LogP contribution in [0.25, 0.3) is 5.73 Å². The molecule has 0 aromatic heterocycles. The topological polar surface area (TPSA) is 23.8 Å². The normalized spacial score (nSPS) is 7.50. The Hall–Kier alpha value is -0.240. The fourth-order valence-corrected chi connectivity index (χ4v) is 0.438. The Bertz CT molecular complexity index is 138. The van der Waals surface area contributed by atoms with Crippen molar-refractivity contribution in [3.63, 3.8) is 0 Å². The van der Waals surface area contributed by atoms with Gasteiger partial charge >= 0.3 is 22.4 Å². The molecule has 0 bridgehead atoms. The maximum Gasteiger partial charge on any atom is 1.00 e. The minimum Gasteiger partial charge on any atom is -0.699 e. The molecule has 0 atom stereocenters.